The first kappa shape index (κ1) is 26.7. The fourth-order valence-electron chi connectivity index (χ4n) is 6.72. The zero-order valence-electron chi connectivity index (χ0n) is 21.8. The van der Waals surface area contributed by atoms with Crippen LogP contribution in [0.5, 0.6) is 0 Å². The van der Waals surface area contributed by atoms with Crippen LogP contribution in [0.4, 0.5) is 0 Å². The molecule has 3 aliphatic rings. The fraction of sp³-hybridized carbons (Fsp3) is 0.793. The van der Waals surface area contributed by atoms with Crippen LogP contribution >= 0.6 is 0 Å². The zero-order chi connectivity index (χ0) is 24.2. The van der Waals surface area contributed by atoms with Gasteiger partial charge < -0.3 is 19.7 Å². The number of methoxy groups -OCH3 is 1. The smallest absolute Gasteiger partial charge is 0.147 e. The summed E-state index contributed by atoms with van der Waals surface area (Å²) in [5.41, 5.74) is 2.89. The van der Waals surface area contributed by atoms with Gasteiger partial charge in [0.15, 0.2) is 0 Å². The Labute approximate surface area is 202 Å². The van der Waals surface area contributed by atoms with Gasteiger partial charge in [-0.2, -0.15) is 0 Å². The van der Waals surface area contributed by atoms with Gasteiger partial charge in [-0.1, -0.05) is 56.2 Å². The van der Waals surface area contributed by atoms with E-state index in [9.17, 15) is 10.2 Å². The lowest BCUT2D eigenvalue weighted by molar-refractivity contribution is -0.128. The Balaban J connectivity index is 1.68. The van der Waals surface area contributed by atoms with Crippen LogP contribution in [0.2, 0.25) is 0 Å². The van der Waals surface area contributed by atoms with E-state index in [2.05, 4.69) is 58.9 Å². The number of rotatable bonds is 8. The Morgan fingerprint density at radius 1 is 1.09 bits per heavy atom. The number of fused-ring (bicyclic) bond motifs is 1. The molecule has 33 heavy (non-hydrogen) atoms. The predicted octanol–water partition coefficient (Wildman–Crippen LogP) is 6.19. The van der Waals surface area contributed by atoms with Crippen molar-refractivity contribution in [1.82, 2.24) is 0 Å². The molecule has 0 aromatic rings. The highest BCUT2D eigenvalue weighted by Gasteiger charge is 2.50. The van der Waals surface area contributed by atoms with Gasteiger partial charge in [0.2, 0.25) is 0 Å². The van der Waals surface area contributed by atoms with E-state index < -0.39 is 12.2 Å². The average Bonchev–Trinajstić information content (AvgIpc) is 3.11. The monoisotopic (exact) mass is 460 g/mol. The van der Waals surface area contributed by atoms with Gasteiger partial charge in [-0.15, -0.1) is 0 Å². The summed E-state index contributed by atoms with van der Waals surface area (Å²) in [4.78, 5) is 0. The average molecular weight is 461 g/mol. The van der Waals surface area contributed by atoms with Crippen molar-refractivity contribution in [3.63, 3.8) is 0 Å². The summed E-state index contributed by atoms with van der Waals surface area (Å²) in [6.45, 7) is 11.8. The summed E-state index contributed by atoms with van der Waals surface area (Å²) in [6, 6.07) is 0. The molecule has 0 heterocycles. The molecule has 0 radical (unpaired) electrons. The highest BCUT2D eigenvalue weighted by molar-refractivity contribution is 5.26. The van der Waals surface area contributed by atoms with Crippen molar-refractivity contribution in [2.24, 2.45) is 29.1 Å². The topological polar surface area (TPSA) is 58.9 Å². The number of aliphatic hydroxyl groups is 2. The molecule has 0 spiro atoms. The lowest BCUT2D eigenvalue weighted by Gasteiger charge is -2.44. The third kappa shape index (κ3) is 6.39. The van der Waals surface area contributed by atoms with Crippen molar-refractivity contribution in [2.75, 3.05) is 13.9 Å². The van der Waals surface area contributed by atoms with E-state index in [4.69, 9.17) is 9.47 Å². The van der Waals surface area contributed by atoms with Gasteiger partial charge in [0, 0.05) is 13.0 Å². The second kappa shape index (κ2) is 11.2. The minimum absolute atomic E-state index is 0.247. The van der Waals surface area contributed by atoms with Crippen LogP contribution in [0.15, 0.2) is 35.5 Å². The second-order valence-corrected chi connectivity index (χ2v) is 11.8. The summed E-state index contributed by atoms with van der Waals surface area (Å²) in [7, 11) is 1.67. The normalized spacial score (nSPS) is 36.2. The molecule has 0 aromatic heterocycles. The summed E-state index contributed by atoms with van der Waals surface area (Å²) >= 11 is 0. The van der Waals surface area contributed by atoms with Crippen molar-refractivity contribution >= 4 is 0 Å². The summed E-state index contributed by atoms with van der Waals surface area (Å²) in [5.74, 6) is 2.21. The lowest BCUT2D eigenvalue weighted by atomic mass is 9.61. The predicted molar refractivity (Wildman–Crippen MR) is 135 cm³/mol. The molecule has 0 unspecified atom stereocenters. The third-order valence-corrected chi connectivity index (χ3v) is 9.09. The van der Waals surface area contributed by atoms with Crippen LogP contribution < -0.4 is 0 Å². The number of ether oxygens (including phenoxy) is 2. The van der Waals surface area contributed by atoms with Gasteiger partial charge in [-0.05, 0) is 88.4 Å². The summed E-state index contributed by atoms with van der Waals surface area (Å²) in [5, 5.41) is 20.0. The van der Waals surface area contributed by atoms with Crippen LogP contribution in [-0.2, 0) is 9.47 Å². The largest absolute Gasteiger partial charge is 0.393 e. The Kier molecular flexibility index (Phi) is 9.05. The molecule has 4 heteroatoms. The van der Waals surface area contributed by atoms with Gasteiger partial charge in [0.1, 0.15) is 6.79 Å². The molecule has 0 saturated heterocycles. The minimum atomic E-state index is -0.397. The maximum atomic E-state index is 10.0. The highest BCUT2D eigenvalue weighted by atomic mass is 16.7. The van der Waals surface area contributed by atoms with E-state index in [1.165, 1.54) is 37.7 Å². The van der Waals surface area contributed by atoms with Crippen molar-refractivity contribution < 1.29 is 19.7 Å². The number of aliphatic hydroxyl groups excluding tert-OH is 2. The standard InChI is InChI=1S/C29H48O4/c1-20(9-10-21(2)28(3,4)33-19-32-6)26-13-14-27-23(8-7-15-29(26,27)5)12-11-22-16-24(30)18-25(31)17-22/h9-12,20-21,24-27,30-31H,7-8,13-19H2,1-6H3/b10-9+,23-12+/t20-,21+,24-,25-,26-,27-,29-/m1/s1. The maximum Gasteiger partial charge on any atom is 0.147 e. The molecule has 3 fully saturated rings. The Bertz CT molecular complexity index is 724. The molecule has 188 valence electrons. The fourth-order valence-corrected chi connectivity index (χ4v) is 6.72. The van der Waals surface area contributed by atoms with Gasteiger partial charge in [-0.3, -0.25) is 0 Å². The molecule has 3 rings (SSSR count). The molecule has 3 saturated carbocycles. The minimum Gasteiger partial charge on any atom is -0.393 e. The second-order valence-electron chi connectivity index (χ2n) is 11.8. The molecular weight excluding hydrogens is 412 g/mol. The van der Waals surface area contributed by atoms with Gasteiger partial charge in [-0.25, -0.2) is 0 Å². The van der Waals surface area contributed by atoms with Crippen LogP contribution in [0.1, 0.15) is 86.0 Å². The Hall–Kier alpha value is -0.940. The zero-order valence-corrected chi connectivity index (χ0v) is 21.8. The van der Waals surface area contributed by atoms with Gasteiger partial charge in [0.05, 0.1) is 17.8 Å². The number of allylic oxidation sites excluding steroid dienone is 4. The first-order valence-electron chi connectivity index (χ1n) is 13.1. The molecular formula is C29H48O4. The SMILES string of the molecule is COCOC(C)(C)[C@@H](C)/C=C/[C@@H](C)[C@H]1CC[C@@H]2/C(=C/C=C3C[C@@H](O)C[C@H](O)C3)CCC[C@@]21C. The molecule has 3 aliphatic carbocycles. The first-order valence-corrected chi connectivity index (χ1v) is 13.1. The van der Waals surface area contributed by atoms with Crippen LogP contribution in [0.3, 0.4) is 0 Å². The molecule has 0 aromatic carbocycles. The van der Waals surface area contributed by atoms with Gasteiger partial charge >= 0.3 is 0 Å². The van der Waals surface area contributed by atoms with Crippen molar-refractivity contribution in [1.29, 1.82) is 0 Å². The summed E-state index contributed by atoms with van der Waals surface area (Å²) in [6.07, 6.45) is 16.8. The van der Waals surface area contributed by atoms with E-state index in [0.29, 0.717) is 55.1 Å². The molecule has 7 atom stereocenters. The van der Waals surface area contributed by atoms with E-state index in [0.717, 1.165) is 0 Å². The van der Waals surface area contributed by atoms with Crippen LogP contribution in [-0.4, -0.2) is 41.9 Å². The molecule has 0 bridgehead atoms. The number of hydrogen-bond acceptors (Lipinski definition) is 4. The van der Waals surface area contributed by atoms with Crippen molar-refractivity contribution in [3.8, 4) is 0 Å². The first-order chi connectivity index (χ1) is 15.6. The molecule has 2 N–H and O–H groups in total. The van der Waals surface area contributed by atoms with Gasteiger partial charge in [0.25, 0.3) is 0 Å². The Morgan fingerprint density at radius 3 is 2.45 bits per heavy atom. The van der Waals surface area contributed by atoms with Crippen LogP contribution in [0, 0.1) is 29.1 Å². The Morgan fingerprint density at radius 2 is 1.79 bits per heavy atom. The molecule has 4 nitrogen and oxygen atoms in total. The van der Waals surface area contributed by atoms with E-state index in [-0.39, 0.29) is 5.60 Å². The van der Waals surface area contributed by atoms with E-state index in [1.807, 2.05) is 0 Å². The highest BCUT2D eigenvalue weighted by Crippen LogP contribution is 2.59. The van der Waals surface area contributed by atoms with Crippen molar-refractivity contribution in [3.05, 3.63) is 35.5 Å². The summed E-state index contributed by atoms with van der Waals surface area (Å²) < 4.78 is 11.0. The number of hydrogen-bond donors (Lipinski definition) is 2. The van der Waals surface area contributed by atoms with Crippen LogP contribution in [0.25, 0.3) is 0 Å². The quantitative estimate of drug-likeness (QED) is 0.335. The van der Waals surface area contributed by atoms with E-state index >= 15 is 0 Å². The molecule has 0 amide bonds. The van der Waals surface area contributed by atoms with Crippen molar-refractivity contribution in [2.45, 2.75) is 104 Å². The van der Waals surface area contributed by atoms with E-state index in [1.54, 1.807) is 12.7 Å². The lowest BCUT2D eigenvalue weighted by Crippen LogP contribution is -2.36. The maximum absolute atomic E-state index is 10.0. The third-order valence-electron chi connectivity index (χ3n) is 9.09. The molecule has 0 aliphatic heterocycles.